The zero-order valence-electron chi connectivity index (χ0n) is 12.1. The molecule has 106 valence electrons. The van der Waals surface area contributed by atoms with Gasteiger partial charge in [-0.15, -0.1) is 0 Å². The van der Waals surface area contributed by atoms with Crippen LogP contribution in [0.25, 0.3) is 0 Å². The molecule has 1 atom stereocenters. The lowest BCUT2D eigenvalue weighted by atomic mass is 10.0. The standard InChI is InChI=1S/C16H26N2O/c1-3-5-13-18(4-2)16(19)15(17)12-11-14-9-7-6-8-10-14/h6-10,15H,3-5,11-13,17H2,1-2H3. The van der Waals surface area contributed by atoms with Crippen molar-refractivity contribution < 1.29 is 4.79 Å². The van der Waals surface area contributed by atoms with Gasteiger partial charge in [0.25, 0.3) is 0 Å². The van der Waals surface area contributed by atoms with Crippen molar-refractivity contribution in [3.05, 3.63) is 35.9 Å². The lowest BCUT2D eigenvalue weighted by Gasteiger charge is -2.24. The average Bonchev–Trinajstić information content (AvgIpc) is 2.46. The molecule has 1 amide bonds. The predicted molar refractivity (Wildman–Crippen MR) is 79.9 cm³/mol. The third-order valence-corrected chi connectivity index (χ3v) is 3.38. The van der Waals surface area contributed by atoms with E-state index in [1.165, 1.54) is 5.56 Å². The third kappa shape index (κ3) is 5.43. The summed E-state index contributed by atoms with van der Waals surface area (Å²) in [7, 11) is 0. The zero-order valence-corrected chi connectivity index (χ0v) is 12.1. The first-order chi connectivity index (χ1) is 9.19. The van der Waals surface area contributed by atoms with E-state index in [-0.39, 0.29) is 11.9 Å². The summed E-state index contributed by atoms with van der Waals surface area (Å²) in [6.07, 6.45) is 3.72. The fraction of sp³-hybridized carbons (Fsp3) is 0.562. The topological polar surface area (TPSA) is 46.3 Å². The Balaban J connectivity index is 2.42. The van der Waals surface area contributed by atoms with Crippen LogP contribution in [-0.4, -0.2) is 29.9 Å². The van der Waals surface area contributed by atoms with E-state index in [1.54, 1.807) is 0 Å². The van der Waals surface area contributed by atoms with Gasteiger partial charge in [-0.25, -0.2) is 0 Å². The second kappa shape index (κ2) is 8.70. The number of nitrogens with two attached hydrogens (primary N) is 1. The molecule has 3 heteroatoms. The quantitative estimate of drug-likeness (QED) is 0.782. The van der Waals surface area contributed by atoms with E-state index in [2.05, 4.69) is 19.1 Å². The number of unbranched alkanes of at least 4 members (excludes halogenated alkanes) is 1. The van der Waals surface area contributed by atoms with Crippen LogP contribution in [0.2, 0.25) is 0 Å². The van der Waals surface area contributed by atoms with Crippen LogP contribution in [0.1, 0.15) is 38.7 Å². The lowest BCUT2D eigenvalue weighted by molar-refractivity contribution is -0.132. The molecule has 0 fully saturated rings. The van der Waals surface area contributed by atoms with Gasteiger partial charge in [-0.05, 0) is 31.7 Å². The Morgan fingerprint density at radius 3 is 2.53 bits per heavy atom. The maximum absolute atomic E-state index is 12.2. The summed E-state index contributed by atoms with van der Waals surface area (Å²) in [4.78, 5) is 14.1. The number of hydrogen-bond acceptors (Lipinski definition) is 2. The molecule has 2 N–H and O–H groups in total. The minimum Gasteiger partial charge on any atom is -0.342 e. The number of likely N-dealkylation sites (N-methyl/N-ethyl adjacent to an activating group) is 1. The molecule has 0 saturated carbocycles. The maximum Gasteiger partial charge on any atom is 0.239 e. The highest BCUT2D eigenvalue weighted by molar-refractivity contribution is 5.81. The van der Waals surface area contributed by atoms with E-state index >= 15 is 0 Å². The van der Waals surface area contributed by atoms with Gasteiger partial charge in [-0.1, -0.05) is 43.7 Å². The maximum atomic E-state index is 12.2. The van der Waals surface area contributed by atoms with Crippen molar-refractivity contribution in [1.82, 2.24) is 4.90 Å². The van der Waals surface area contributed by atoms with Gasteiger partial charge in [0.15, 0.2) is 0 Å². The Bertz CT molecular complexity index is 364. The Hall–Kier alpha value is -1.35. The first-order valence-corrected chi connectivity index (χ1v) is 7.27. The van der Waals surface area contributed by atoms with E-state index in [9.17, 15) is 4.79 Å². The highest BCUT2D eigenvalue weighted by atomic mass is 16.2. The Morgan fingerprint density at radius 1 is 1.26 bits per heavy atom. The van der Waals surface area contributed by atoms with E-state index < -0.39 is 0 Å². The number of nitrogens with zero attached hydrogens (tertiary/aromatic N) is 1. The molecular formula is C16H26N2O. The van der Waals surface area contributed by atoms with Crippen LogP contribution < -0.4 is 5.73 Å². The molecule has 0 aromatic heterocycles. The largest absolute Gasteiger partial charge is 0.342 e. The van der Waals surface area contributed by atoms with Gasteiger partial charge in [-0.3, -0.25) is 4.79 Å². The molecule has 1 unspecified atom stereocenters. The number of rotatable bonds is 8. The fourth-order valence-corrected chi connectivity index (χ4v) is 2.10. The third-order valence-electron chi connectivity index (χ3n) is 3.38. The highest BCUT2D eigenvalue weighted by Gasteiger charge is 2.18. The molecule has 0 bridgehead atoms. The molecule has 0 aliphatic carbocycles. The molecule has 1 aromatic rings. The molecule has 0 radical (unpaired) electrons. The van der Waals surface area contributed by atoms with Crippen LogP contribution in [0.3, 0.4) is 0 Å². The molecule has 1 aromatic carbocycles. The number of aryl methyl sites for hydroxylation is 1. The number of hydrogen-bond donors (Lipinski definition) is 1. The van der Waals surface area contributed by atoms with Gasteiger partial charge in [0.05, 0.1) is 6.04 Å². The molecule has 0 aliphatic heterocycles. The molecule has 0 heterocycles. The van der Waals surface area contributed by atoms with Gasteiger partial charge >= 0.3 is 0 Å². The van der Waals surface area contributed by atoms with Crippen LogP contribution in [-0.2, 0) is 11.2 Å². The molecule has 1 rings (SSSR count). The fourth-order valence-electron chi connectivity index (χ4n) is 2.10. The van der Waals surface area contributed by atoms with Crippen LogP contribution in [0.4, 0.5) is 0 Å². The summed E-state index contributed by atoms with van der Waals surface area (Å²) >= 11 is 0. The molecule has 3 nitrogen and oxygen atoms in total. The van der Waals surface area contributed by atoms with Crippen LogP contribution >= 0.6 is 0 Å². The van der Waals surface area contributed by atoms with E-state index in [0.717, 1.165) is 32.4 Å². The van der Waals surface area contributed by atoms with Gasteiger partial charge < -0.3 is 10.6 Å². The lowest BCUT2D eigenvalue weighted by Crippen LogP contribution is -2.44. The van der Waals surface area contributed by atoms with Crippen molar-refractivity contribution >= 4 is 5.91 Å². The monoisotopic (exact) mass is 262 g/mol. The van der Waals surface area contributed by atoms with E-state index in [4.69, 9.17) is 5.73 Å². The van der Waals surface area contributed by atoms with Gasteiger partial charge in [0.2, 0.25) is 5.91 Å². The van der Waals surface area contributed by atoms with E-state index in [0.29, 0.717) is 6.42 Å². The molecule has 0 spiro atoms. The van der Waals surface area contributed by atoms with Crippen LogP contribution in [0, 0.1) is 0 Å². The minimum atomic E-state index is -0.378. The Labute approximate surface area is 116 Å². The normalized spacial score (nSPS) is 12.2. The summed E-state index contributed by atoms with van der Waals surface area (Å²) in [6, 6.07) is 9.80. The van der Waals surface area contributed by atoms with Gasteiger partial charge in [0, 0.05) is 13.1 Å². The minimum absolute atomic E-state index is 0.0897. The second-order valence-corrected chi connectivity index (χ2v) is 4.90. The van der Waals surface area contributed by atoms with Crippen molar-refractivity contribution in [2.24, 2.45) is 5.73 Å². The predicted octanol–water partition coefficient (Wildman–Crippen LogP) is 2.60. The molecule has 0 aliphatic rings. The van der Waals surface area contributed by atoms with Gasteiger partial charge in [0.1, 0.15) is 0 Å². The van der Waals surface area contributed by atoms with Crippen molar-refractivity contribution in [2.45, 2.75) is 45.6 Å². The van der Waals surface area contributed by atoms with Crippen molar-refractivity contribution in [3.63, 3.8) is 0 Å². The van der Waals surface area contributed by atoms with Crippen molar-refractivity contribution in [2.75, 3.05) is 13.1 Å². The Kier molecular flexibility index (Phi) is 7.19. The number of carbonyl (C=O) groups is 1. The molecular weight excluding hydrogens is 236 g/mol. The summed E-state index contributed by atoms with van der Waals surface area (Å²) < 4.78 is 0. The number of benzene rings is 1. The summed E-state index contributed by atoms with van der Waals surface area (Å²) in [5, 5.41) is 0. The van der Waals surface area contributed by atoms with Crippen LogP contribution in [0.15, 0.2) is 30.3 Å². The van der Waals surface area contributed by atoms with E-state index in [1.807, 2.05) is 30.0 Å². The number of amides is 1. The molecule has 0 saturated heterocycles. The second-order valence-electron chi connectivity index (χ2n) is 4.90. The zero-order chi connectivity index (χ0) is 14.1. The highest BCUT2D eigenvalue weighted by Crippen LogP contribution is 2.06. The first kappa shape index (κ1) is 15.7. The Morgan fingerprint density at radius 2 is 1.95 bits per heavy atom. The summed E-state index contributed by atoms with van der Waals surface area (Å²) in [5.74, 6) is 0.0897. The first-order valence-electron chi connectivity index (χ1n) is 7.27. The van der Waals surface area contributed by atoms with Gasteiger partial charge in [-0.2, -0.15) is 0 Å². The van der Waals surface area contributed by atoms with Crippen molar-refractivity contribution in [1.29, 1.82) is 0 Å². The SMILES string of the molecule is CCCCN(CC)C(=O)C(N)CCc1ccccc1. The van der Waals surface area contributed by atoms with Crippen LogP contribution in [0.5, 0.6) is 0 Å². The number of carbonyl (C=O) groups excluding carboxylic acids is 1. The molecule has 19 heavy (non-hydrogen) atoms. The smallest absolute Gasteiger partial charge is 0.239 e. The van der Waals surface area contributed by atoms with Crippen molar-refractivity contribution in [3.8, 4) is 0 Å². The summed E-state index contributed by atoms with van der Waals surface area (Å²) in [5.41, 5.74) is 7.26. The average molecular weight is 262 g/mol. The summed E-state index contributed by atoms with van der Waals surface area (Å²) in [6.45, 7) is 5.72.